The Morgan fingerprint density at radius 3 is 2.44 bits per heavy atom. The van der Waals surface area contributed by atoms with Gasteiger partial charge in [0, 0.05) is 66.4 Å². The Balaban J connectivity index is 1.19. The third kappa shape index (κ3) is 7.74. The summed E-state index contributed by atoms with van der Waals surface area (Å²) < 4.78 is 6.43. The molecule has 4 saturated carbocycles. The summed E-state index contributed by atoms with van der Waals surface area (Å²) in [5, 5.41) is 32.6. The fraction of sp³-hybridized carbons (Fsp3) is 0.600. The molecule has 2 aromatic carbocycles. The second kappa shape index (κ2) is 15.9. The quantitative estimate of drug-likeness (QED) is 0.156. The highest BCUT2D eigenvalue weighted by Crippen LogP contribution is 2.66. The highest BCUT2D eigenvalue weighted by Gasteiger charge is 2.78. The summed E-state index contributed by atoms with van der Waals surface area (Å²) in [6.45, 7) is 11.6. The number of rotatable bonds is 15. The molecule has 1 aromatic heterocycles. The number of hydrogen-bond donors (Lipinski definition) is 4. The van der Waals surface area contributed by atoms with Gasteiger partial charge in [0.1, 0.15) is 17.9 Å². The summed E-state index contributed by atoms with van der Waals surface area (Å²) in [6, 6.07) is 15.1. The zero-order valence-electron chi connectivity index (χ0n) is 35.2. The molecule has 8 rings (SSSR count). The smallest absolute Gasteiger partial charge is 0.251 e. The highest BCUT2D eigenvalue weighted by molar-refractivity contribution is 7.09. The molecular formula is C45H63N5O6S. The van der Waals surface area contributed by atoms with Gasteiger partial charge in [0.15, 0.2) is 0 Å². The molecule has 2 amide bonds. The Hall–Kier alpha value is -3.52. The summed E-state index contributed by atoms with van der Waals surface area (Å²) in [6.07, 6.45) is 2.48. The summed E-state index contributed by atoms with van der Waals surface area (Å²) in [5.74, 6) is 1.76. The molecule has 9 atom stereocenters. The predicted octanol–water partition coefficient (Wildman–Crippen LogP) is 5.59. The lowest BCUT2D eigenvalue weighted by Gasteiger charge is -2.62. The maximum Gasteiger partial charge on any atom is 0.251 e. The first kappa shape index (κ1) is 41.6. The third-order valence-electron chi connectivity index (χ3n) is 13.9. The lowest BCUT2D eigenvalue weighted by molar-refractivity contribution is -0.183. The Bertz CT molecular complexity index is 1930. The maximum absolute atomic E-state index is 14.6. The predicted molar refractivity (Wildman–Crippen MR) is 225 cm³/mol. The number of hydroxylamine groups is 2. The van der Waals surface area contributed by atoms with Crippen molar-refractivity contribution in [2.24, 2.45) is 28.6 Å². The van der Waals surface area contributed by atoms with Gasteiger partial charge in [0.25, 0.3) is 5.91 Å². The van der Waals surface area contributed by atoms with E-state index in [1.54, 1.807) is 23.3 Å². The standard InChI is InChI=1S/C45H63N5O6S/c1-10-55-39-28(23-50-40(45(26-44(45,5)54)38(25-51)56-50)42(53)47-37-21-31-20-36(27(37)2)43(31,3)4)13-11-15-35(39)29-17-30(19-33(18-29)49(8)9)41(52)46-32(24-48(6)7)22-34-14-12-16-57-34/h11-19,27,31-32,36-38,40,51,54H,10,20-26H2,1-9H3,(H,46,52)(H,47,53)/t27-,31+,32-,36-,37-,38-,40+,44?,45+/m0/s1. The normalized spacial score (nSPS) is 30.5. The number of nitrogens with zero attached hydrogens (tertiary/aromatic N) is 3. The van der Waals surface area contributed by atoms with E-state index in [1.807, 2.05) is 76.4 Å². The van der Waals surface area contributed by atoms with E-state index in [0.717, 1.165) is 35.2 Å². The number of fused-ring (bicyclic) bond motifs is 2. The van der Waals surface area contributed by atoms with Crippen LogP contribution in [-0.4, -0.2) is 110 Å². The lowest BCUT2D eigenvalue weighted by Crippen LogP contribution is -2.62. The van der Waals surface area contributed by atoms with Gasteiger partial charge in [0.05, 0.1) is 30.8 Å². The maximum atomic E-state index is 14.6. The minimum Gasteiger partial charge on any atom is -0.493 e. The van der Waals surface area contributed by atoms with E-state index in [0.29, 0.717) is 48.6 Å². The molecule has 2 bridgehead atoms. The van der Waals surface area contributed by atoms with Crippen LogP contribution in [0.3, 0.4) is 0 Å². The van der Waals surface area contributed by atoms with Crippen molar-refractivity contribution in [2.45, 2.75) is 96.7 Å². The first-order valence-corrected chi connectivity index (χ1v) is 21.5. The van der Waals surface area contributed by atoms with Crippen molar-refractivity contribution in [3.05, 3.63) is 69.9 Å². The zero-order valence-corrected chi connectivity index (χ0v) is 36.0. The Morgan fingerprint density at radius 1 is 1.09 bits per heavy atom. The van der Waals surface area contributed by atoms with Crippen molar-refractivity contribution in [3.8, 4) is 16.9 Å². The molecule has 310 valence electrons. The van der Waals surface area contributed by atoms with Crippen LogP contribution in [0.4, 0.5) is 5.69 Å². The van der Waals surface area contributed by atoms with E-state index in [2.05, 4.69) is 53.8 Å². The monoisotopic (exact) mass is 801 g/mol. The molecule has 1 saturated heterocycles. The van der Waals surface area contributed by atoms with Gasteiger partial charge in [-0.15, -0.1) is 11.3 Å². The van der Waals surface area contributed by atoms with E-state index >= 15 is 0 Å². The molecular weight excluding hydrogens is 739 g/mol. The van der Waals surface area contributed by atoms with E-state index in [-0.39, 0.29) is 42.5 Å². The molecule has 5 fully saturated rings. The van der Waals surface area contributed by atoms with Crippen LogP contribution in [0, 0.1) is 28.6 Å². The average molecular weight is 802 g/mol. The number of aliphatic hydroxyl groups excluding tert-OH is 1. The van der Waals surface area contributed by atoms with Crippen LogP contribution < -0.4 is 20.3 Å². The molecule has 3 aromatic rings. The molecule has 1 unspecified atom stereocenters. The first-order valence-electron chi connectivity index (χ1n) is 20.6. The number of carbonyl (C=O) groups is 2. The lowest BCUT2D eigenvalue weighted by atomic mass is 9.45. The van der Waals surface area contributed by atoms with Gasteiger partial charge in [0.2, 0.25) is 5.91 Å². The molecule has 2 heterocycles. The van der Waals surface area contributed by atoms with E-state index < -0.39 is 23.2 Å². The van der Waals surface area contributed by atoms with Crippen molar-refractivity contribution in [1.29, 1.82) is 0 Å². The van der Waals surface area contributed by atoms with E-state index in [1.165, 1.54) is 11.3 Å². The molecule has 5 aliphatic rings. The zero-order chi connectivity index (χ0) is 41.0. The minimum atomic E-state index is -1.18. The SMILES string of the molecule is CCOc1c(CN2O[C@@H](CO)[C@]3(CC3(C)O)[C@H]2C(=O)N[C@H]2C[C@H]3C[C@@H]([C@@H]2C)C3(C)C)cccc1-c1cc(C(=O)N[C@@H](Cc2cccs2)CN(C)C)cc(N(C)C)c1. The summed E-state index contributed by atoms with van der Waals surface area (Å²) in [5.41, 5.74) is 1.98. The number of benzene rings is 2. The molecule has 12 heteroatoms. The van der Waals surface area contributed by atoms with Crippen LogP contribution in [-0.2, 0) is 22.6 Å². The molecule has 11 nitrogen and oxygen atoms in total. The van der Waals surface area contributed by atoms with Crippen molar-refractivity contribution in [3.63, 3.8) is 0 Å². The van der Waals surface area contributed by atoms with Crippen LogP contribution in [0.5, 0.6) is 5.75 Å². The highest BCUT2D eigenvalue weighted by atomic mass is 32.1. The van der Waals surface area contributed by atoms with Gasteiger partial charge >= 0.3 is 0 Å². The number of para-hydroxylation sites is 1. The minimum absolute atomic E-state index is 0.0385. The number of anilines is 1. The van der Waals surface area contributed by atoms with Crippen LogP contribution >= 0.6 is 11.3 Å². The Morgan fingerprint density at radius 2 is 1.84 bits per heavy atom. The third-order valence-corrected chi connectivity index (χ3v) is 14.8. The number of nitrogens with one attached hydrogen (secondary N) is 2. The van der Waals surface area contributed by atoms with Crippen LogP contribution in [0.25, 0.3) is 11.1 Å². The second-order valence-electron chi connectivity index (χ2n) is 18.4. The fourth-order valence-electron chi connectivity index (χ4n) is 10.5. The topological polar surface area (TPSA) is 127 Å². The number of hydrogen-bond acceptors (Lipinski definition) is 10. The van der Waals surface area contributed by atoms with Crippen molar-refractivity contribution in [2.75, 3.05) is 52.8 Å². The van der Waals surface area contributed by atoms with E-state index in [9.17, 15) is 19.8 Å². The molecule has 57 heavy (non-hydrogen) atoms. The molecule has 4 N–H and O–H groups in total. The average Bonchev–Trinajstić information content (AvgIpc) is 3.44. The first-order chi connectivity index (χ1) is 27.0. The number of aliphatic hydroxyl groups is 2. The Kier molecular flexibility index (Phi) is 11.6. The molecule has 1 spiro atoms. The second-order valence-corrected chi connectivity index (χ2v) is 19.5. The molecule has 0 radical (unpaired) electrons. The number of likely N-dealkylation sites (N-methyl/N-ethyl adjacent to an activating group) is 1. The van der Waals surface area contributed by atoms with Crippen molar-refractivity contribution < 1.29 is 29.4 Å². The van der Waals surface area contributed by atoms with Gasteiger partial charge in [-0.05, 0) is 106 Å². The van der Waals surface area contributed by atoms with Crippen LogP contribution in [0.2, 0.25) is 0 Å². The molecule has 4 aliphatic carbocycles. The summed E-state index contributed by atoms with van der Waals surface area (Å²) >= 11 is 1.69. The van der Waals surface area contributed by atoms with E-state index in [4.69, 9.17) is 9.57 Å². The molecule has 1 aliphatic heterocycles. The number of thiophene rings is 1. The van der Waals surface area contributed by atoms with Crippen LogP contribution in [0.15, 0.2) is 53.9 Å². The number of amides is 2. The van der Waals surface area contributed by atoms with Crippen molar-refractivity contribution >= 4 is 28.8 Å². The van der Waals surface area contributed by atoms with Crippen LogP contribution in [0.1, 0.15) is 74.7 Å². The fourth-order valence-corrected chi connectivity index (χ4v) is 11.3. The van der Waals surface area contributed by atoms with Gasteiger partial charge in [-0.2, -0.15) is 5.06 Å². The van der Waals surface area contributed by atoms with Gasteiger partial charge in [-0.25, -0.2) is 0 Å². The van der Waals surface area contributed by atoms with Gasteiger partial charge in [-0.1, -0.05) is 45.0 Å². The Labute approximate surface area is 342 Å². The summed E-state index contributed by atoms with van der Waals surface area (Å²) in [4.78, 5) is 40.4. The van der Waals surface area contributed by atoms with Crippen molar-refractivity contribution in [1.82, 2.24) is 20.6 Å². The summed E-state index contributed by atoms with van der Waals surface area (Å²) in [7, 11) is 7.94. The van der Waals surface area contributed by atoms with Gasteiger partial charge in [-0.3, -0.25) is 14.4 Å². The van der Waals surface area contributed by atoms with Gasteiger partial charge < -0.3 is 35.4 Å². The number of carbonyl (C=O) groups excluding carboxylic acids is 2. The number of ether oxygens (including phenoxy) is 1. The largest absolute Gasteiger partial charge is 0.493 e.